The molecular weight excluding hydrogens is 188 g/mol. The Kier molecular flexibility index (Phi) is 2.23. The van der Waals surface area contributed by atoms with Crippen LogP contribution in [0.4, 0.5) is 0 Å². The van der Waals surface area contributed by atoms with Gasteiger partial charge in [-0.15, -0.1) is 16.7 Å². The third-order valence-corrected chi connectivity index (χ3v) is 1.86. The van der Waals surface area contributed by atoms with Gasteiger partial charge in [-0.05, 0) is 12.1 Å². The Morgan fingerprint density at radius 2 is 2.38 bits per heavy atom. The number of pyridine rings is 1. The largest absolute Gasteiger partial charge is 0.262 e. The molecule has 0 spiro atoms. The summed E-state index contributed by atoms with van der Waals surface area (Å²) < 4.78 is 1.64. The van der Waals surface area contributed by atoms with Crippen molar-refractivity contribution in [3.63, 3.8) is 0 Å². The normalized spacial score (nSPS) is 10.2. The fourth-order valence-electron chi connectivity index (χ4n) is 0.975. The Balaban J connectivity index is 2.36. The molecule has 0 aliphatic rings. The van der Waals surface area contributed by atoms with Gasteiger partial charge in [-0.25, -0.2) is 4.68 Å². The first kappa shape index (κ1) is 8.19. The van der Waals surface area contributed by atoms with Crippen LogP contribution in [0.1, 0.15) is 5.69 Å². The quantitative estimate of drug-likeness (QED) is 0.679. The van der Waals surface area contributed by atoms with Crippen LogP contribution in [0.15, 0.2) is 30.7 Å². The van der Waals surface area contributed by atoms with E-state index in [1.807, 2.05) is 12.1 Å². The lowest BCUT2D eigenvalue weighted by Crippen LogP contribution is -1.94. The maximum Gasteiger partial charge on any atom is 0.0979 e. The van der Waals surface area contributed by atoms with Crippen molar-refractivity contribution in [3.05, 3.63) is 36.4 Å². The van der Waals surface area contributed by atoms with Crippen LogP contribution in [0.25, 0.3) is 5.69 Å². The number of halogens is 1. The molecule has 0 fully saturated rings. The average Bonchev–Trinajstić information content (AvgIpc) is 2.67. The molecular formula is C8H7ClN4. The highest BCUT2D eigenvalue weighted by Crippen LogP contribution is 2.05. The lowest BCUT2D eigenvalue weighted by Gasteiger charge is -1.95. The second kappa shape index (κ2) is 3.53. The molecule has 0 N–H and O–H groups in total. The molecule has 0 aliphatic heterocycles. The van der Waals surface area contributed by atoms with E-state index in [-0.39, 0.29) is 0 Å². The molecule has 0 unspecified atom stereocenters. The van der Waals surface area contributed by atoms with Gasteiger partial charge in [-0.1, -0.05) is 5.21 Å². The maximum atomic E-state index is 5.60. The summed E-state index contributed by atoms with van der Waals surface area (Å²) in [5.74, 6) is 0.375. The fraction of sp³-hybridized carbons (Fsp3) is 0.125. The predicted molar refractivity (Wildman–Crippen MR) is 48.7 cm³/mol. The highest BCUT2D eigenvalue weighted by atomic mass is 35.5. The van der Waals surface area contributed by atoms with Crippen molar-refractivity contribution in [3.8, 4) is 5.69 Å². The van der Waals surface area contributed by atoms with Gasteiger partial charge in [0.2, 0.25) is 0 Å². The van der Waals surface area contributed by atoms with Crippen molar-refractivity contribution >= 4 is 11.6 Å². The van der Waals surface area contributed by atoms with Gasteiger partial charge < -0.3 is 0 Å². The van der Waals surface area contributed by atoms with E-state index in [0.29, 0.717) is 5.88 Å². The molecule has 0 saturated carbocycles. The second-order valence-corrected chi connectivity index (χ2v) is 2.77. The van der Waals surface area contributed by atoms with Crippen molar-refractivity contribution in [2.75, 3.05) is 0 Å². The van der Waals surface area contributed by atoms with Crippen molar-refractivity contribution in [1.82, 2.24) is 20.0 Å². The van der Waals surface area contributed by atoms with Gasteiger partial charge in [-0.2, -0.15) is 0 Å². The van der Waals surface area contributed by atoms with Crippen LogP contribution in [0, 0.1) is 0 Å². The standard InChI is InChI=1S/C8H7ClN4/c9-4-7-6-13(12-11-7)8-2-1-3-10-5-8/h1-3,5-6H,4H2. The average molecular weight is 195 g/mol. The summed E-state index contributed by atoms with van der Waals surface area (Å²) >= 11 is 5.60. The number of alkyl halides is 1. The van der Waals surface area contributed by atoms with E-state index < -0.39 is 0 Å². The summed E-state index contributed by atoms with van der Waals surface area (Å²) in [5.41, 5.74) is 1.64. The van der Waals surface area contributed by atoms with Crippen molar-refractivity contribution < 1.29 is 0 Å². The second-order valence-electron chi connectivity index (χ2n) is 2.50. The van der Waals surface area contributed by atoms with Crippen LogP contribution in [0.2, 0.25) is 0 Å². The van der Waals surface area contributed by atoms with Gasteiger partial charge in [0.05, 0.1) is 29.7 Å². The molecule has 0 amide bonds. The number of hydrogen-bond acceptors (Lipinski definition) is 3. The Bertz CT molecular complexity index is 384. The Hall–Kier alpha value is -1.42. The molecule has 0 atom stereocenters. The molecule has 5 heteroatoms. The summed E-state index contributed by atoms with van der Waals surface area (Å²) in [6, 6.07) is 3.75. The first-order valence-electron chi connectivity index (χ1n) is 3.78. The molecule has 13 heavy (non-hydrogen) atoms. The van der Waals surface area contributed by atoms with Crippen molar-refractivity contribution in [1.29, 1.82) is 0 Å². The zero-order valence-corrected chi connectivity index (χ0v) is 7.52. The van der Waals surface area contributed by atoms with Crippen LogP contribution in [0.5, 0.6) is 0 Å². The zero-order chi connectivity index (χ0) is 9.10. The van der Waals surface area contributed by atoms with Gasteiger partial charge in [-0.3, -0.25) is 4.98 Å². The van der Waals surface area contributed by atoms with Gasteiger partial charge in [0.1, 0.15) is 0 Å². The molecule has 66 valence electrons. The number of rotatable bonds is 2. The minimum absolute atomic E-state index is 0.375. The highest BCUT2D eigenvalue weighted by molar-refractivity contribution is 6.16. The predicted octanol–water partition coefficient (Wildman–Crippen LogP) is 1.40. The Morgan fingerprint density at radius 3 is 3.00 bits per heavy atom. The van der Waals surface area contributed by atoms with Crippen LogP contribution < -0.4 is 0 Å². The summed E-state index contributed by atoms with van der Waals surface area (Å²) in [4.78, 5) is 3.97. The summed E-state index contributed by atoms with van der Waals surface area (Å²) in [5, 5.41) is 7.76. The van der Waals surface area contributed by atoms with E-state index in [1.165, 1.54) is 0 Å². The van der Waals surface area contributed by atoms with Crippen molar-refractivity contribution in [2.45, 2.75) is 5.88 Å². The maximum absolute atomic E-state index is 5.60. The van der Waals surface area contributed by atoms with Gasteiger partial charge in [0.25, 0.3) is 0 Å². The lowest BCUT2D eigenvalue weighted by molar-refractivity contribution is 0.797. The molecule has 0 saturated heterocycles. The molecule has 0 aromatic carbocycles. The number of nitrogens with zero attached hydrogens (tertiary/aromatic N) is 4. The third kappa shape index (κ3) is 1.67. The summed E-state index contributed by atoms with van der Waals surface area (Å²) in [6.45, 7) is 0. The molecule has 2 rings (SSSR count). The Morgan fingerprint density at radius 1 is 1.46 bits per heavy atom. The van der Waals surface area contributed by atoms with Crippen LogP contribution >= 0.6 is 11.6 Å². The first-order valence-corrected chi connectivity index (χ1v) is 4.31. The molecule has 4 nitrogen and oxygen atoms in total. The first-order chi connectivity index (χ1) is 6.40. The van der Waals surface area contributed by atoms with E-state index in [4.69, 9.17) is 11.6 Å². The molecule has 2 aromatic heterocycles. The molecule has 0 radical (unpaired) electrons. The van der Waals surface area contributed by atoms with Crippen LogP contribution in [-0.2, 0) is 5.88 Å². The molecule has 2 aromatic rings. The Labute approximate surface area is 80.2 Å². The number of hydrogen-bond donors (Lipinski definition) is 0. The molecule has 0 bridgehead atoms. The van der Waals surface area contributed by atoms with E-state index in [0.717, 1.165) is 11.4 Å². The lowest BCUT2D eigenvalue weighted by atomic mass is 10.4. The SMILES string of the molecule is ClCc1cn(-c2cccnc2)nn1. The number of aromatic nitrogens is 4. The third-order valence-electron chi connectivity index (χ3n) is 1.59. The smallest absolute Gasteiger partial charge is 0.0979 e. The molecule has 0 aliphatic carbocycles. The minimum Gasteiger partial charge on any atom is -0.262 e. The van der Waals surface area contributed by atoms with E-state index in [9.17, 15) is 0 Å². The fourth-order valence-corrected chi connectivity index (χ4v) is 1.10. The summed E-state index contributed by atoms with van der Waals surface area (Å²) in [6.07, 6.45) is 5.21. The van der Waals surface area contributed by atoms with Crippen LogP contribution in [0.3, 0.4) is 0 Å². The van der Waals surface area contributed by atoms with E-state index in [2.05, 4.69) is 15.3 Å². The minimum atomic E-state index is 0.375. The zero-order valence-electron chi connectivity index (χ0n) is 6.76. The van der Waals surface area contributed by atoms with Gasteiger partial charge in [0, 0.05) is 6.20 Å². The monoisotopic (exact) mass is 194 g/mol. The van der Waals surface area contributed by atoms with E-state index >= 15 is 0 Å². The molecule has 2 heterocycles. The van der Waals surface area contributed by atoms with E-state index in [1.54, 1.807) is 23.3 Å². The van der Waals surface area contributed by atoms with Gasteiger partial charge in [0.15, 0.2) is 0 Å². The van der Waals surface area contributed by atoms with Crippen LogP contribution in [-0.4, -0.2) is 20.0 Å². The topological polar surface area (TPSA) is 43.6 Å². The highest BCUT2D eigenvalue weighted by Gasteiger charge is 2.00. The van der Waals surface area contributed by atoms with Gasteiger partial charge >= 0.3 is 0 Å². The van der Waals surface area contributed by atoms with Crippen molar-refractivity contribution in [2.24, 2.45) is 0 Å². The summed E-state index contributed by atoms with van der Waals surface area (Å²) in [7, 11) is 0.